The zero-order valence-electron chi connectivity index (χ0n) is 18.3. The molecule has 4 rings (SSSR count). The molecule has 2 aliphatic rings. The van der Waals surface area contributed by atoms with Crippen molar-refractivity contribution >= 4 is 27.7 Å². The van der Waals surface area contributed by atoms with Gasteiger partial charge in [0.2, 0.25) is 18.6 Å². The van der Waals surface area contributed by atoms with Crippen LogP contribution in [0.4, 0.5) is 0 Å². The number of nitrogens with zero attached hydrogens (tertiary/aromatic N) is 1. The summed E-state index contributed by atoms with van der Waals surface area (Å²) in [7, 11) is 0. The van der Waals surface area contributed by atoms with E-state index in [1.54, 1.807) is 4.90 Å². The predicted molar refractivity (Wildman–Crippen MR) is 125 cm³/mol. The van der Waals surface area contributed by atoms with Crippen molar-refractivity contribution < 1.29 is 19.1 Å². The highest BCUT2D eigenvalue weighted by atomic mass is 79.9. The number of rotatable bonds is 8. The highest BCUT2D eigenvalue weighted by molar-refractivity contribution is 9.10. The smallest absolute Gasteiger partial charge is 0.242 e. The number of fused-ring (bicyclic) bond motifs is 1. The van der Waals surface area contributed by atoms with Gasteiger partial charge >= 0.3 is 0 Å². The van der Waals surface area contributed by atoms with E-state index >= 15 is 0 Å². The van der Waals surface area contributed by atoms with Crippen molar-refractivity contribution in [3.8, 4) is 11.5 Å². The molecule has 0 bridgehead atoms. The number of amides is 2. The third-order valence-corrected chi connectivity index (χ3v) is 6.67. The average molecular weight is 501 g/mol. The Bertz CT molecular complexity index is 974. The lowest BCUT2D eigenvalue weighted by Crippen LogP contribution is -2.49. The van der Waals surface area contributed by atoms with Gasteiger partial charge in [-0.1, -0.05) is 47.0 Å². The third-order valence-electron chi connectivity index (χ3n) is 6.18. The molecule has 2 aromatic rings. The lowest BCUT2D eigenvalue weighted by molar-refractivity contribution is -0.140. The van der Waals surface area contributed by atoms with Crippen LogP contribution >= 0.6 is 15.9 Å². The van der Waals surface area contributed by atoms with Crippen LogP contribution in [0.3, 0.4) is 0 Å². The summed E-state index contributed by atoms with van der Waals surface area (Å²) in [4.78, 5) is 28.0. The molecule has 0 saturated heterocycles. The fourth-order valence-corrected chi connectivity index (χ4v) is 4.74. The monoisotopic (exact) mass is 500 g/mol. The molecule has 0 aromatic heterocycles. The summed E-state index contributed by atoms with van der Waals surface area (Å²) < 4.78 is 11.8. The van der Waals surface area contributed by atoms with Gasteiger partial charge in [0.25, 0.3) is 0 Å². The minimum Gasteiger partial charge on any atom is -0.454 e. The first kappa shape index (κ1) is 22.6. The first-order valence-electron chi connectivity index (χ1n) is 11.2. The first-order chi connectivity index (χ1) is 15.5. The summed E-state index contributed by atoms with van der Waals surface area (Å²) in [6.45, 7) is 2.44. The van der Waals surface area contributed by atoms with E-state index in [0.717, 1.165) is 47.0 Å². The number of ether oxygens (including phenoxy) is 2. The maximum Gasteiger partial charge on any atom is 0.242 e. The summed E-state index contributed by atoms with van der Waals surface area (Å²) in [5, 5.41) is 3.14. The summed E-state index contributed by atoms with van der Waals surface area (Å²) >= 11 is 3.49. The van der Waals surface area contributed by atoms with E-state index < -0.39 is 6.04 Å². The second-order valence-corrected chi connectivity index (χ2v) is 9.42. The van der Waals surface area contributed by atoms with Gasteiger partial charge in [0.1, 0.15) is 6.04 Å². The van der Waals surface area contributed by atoms with E-state index in [-0.39, 0.29) is 24.6 Å². The molecule has 2 aromatic carbocycles. The van der Waals surface area contributed by atoms with E-state index in [1.807, 2.05) is 49.4 Å². The molecule has 1 N–H and O–H groups in total. The number of aryl methyl sites for hydroxylation is 1. The van der Waals surface area contributed by atoms with Gasteiger partial charge in [0.15, 0.2) is 11.5 Å². The predicted octanol–water partition coefficient (Wildman–Crippen LogP) is 4.59. The van der Waals surface area contributed by atoms with Crippen molar-refractivity contribution in [3.63, 3.8) is 0 Å². The zero-order chi connectivity index (χ0) is 22.5. The number of nitrogens with one attached hydrogen (secondary N) is 1. The van der Waals surface area contributed by atoms with Crippen molar-refractivity contribution in [2.24, 2.45) is 0 Å². The van der Waals surface area contributed by atoms with E-state index in [9.17, 15) is 9.59 Å². The minimum absolute atomic E-state index is 0.0447. The van der Waals surface area contributed by atoms with Crippen LogP contribution in [0.5, 0.6) is 11.5 Å². The zero-order valence-corrected chi connectivity index (χ0v) is 19.9. The molecule has 2 amide bonds. The highest BCUT2D eigenvalue weighted by Gasteiger charge is 2.28. The molecule has 1 saturated carbocycles. The normalized spacial score (nSPS) is 16.1. The molecular weight excluding hydrogens is 472 g/mol. The van der Waals surface area contributed by atoms with Crippen LogP contribution in [0, 0.1) is 0 Å². The van der Waals surface area contributed by atoms with Crippen LogP contribution in [0.25, 0.3) is 0 Å². The van der Waals surface area contributed by atoms with Crippen molar-refractivity contribution in [2.45, 2.75) is 64.1 Å². The van der Waals surface area contributed by atoms with E-state index in [2.05, 4.69) is 21.2 Å². The molecular formula is C25H29BrN2O4. The Morgan fingerprint density at radius 3 is 2.66 bits per heavy atom. The molecule has 1 aliphatic carbocycles. The Balaban J connectivity index is 1.45. The van der Waals surface area contributed by atoms with Crippen molar-refractivity contribution in [3.05, 3.63) is 58.1 Å². The summed E-state index contributed by atoms with van der Waals surface area (Å²) in [6.07, 6.45) is 5.21. The topological polar surface area (TPSA) is 67.9 Å². The van der Waals surface area contributed by atoms with Gasteiger partial charge < -0.3 is 19.7 Å². The summed E-state index contributed by atoms with van der Waals surface area (Å²) in [5.74, 6) is 1.32. The van der Waals surface area contributed by atoms with Crippen molar-refractivity contribution in [1.82, 2.24) is 10.2 Å². The van der Waals surface area contributed by atoms with Gasteiger partial charge in [-0.3, -0.25) is 9.59 Å². The van der Waals surface area contributed by atoms with Crippen LogP contribution in [0.2, 0.25) is 0 Å². The number of hydrogen-bond acceptors (Lipinski definition) is 4. The van der Waals surface area contributed by atoms with Crippen LogP contribution < -0.4 is 14.8 Å². The van der Waals surface area contributed by atoms with Gasteiger partial charge in [-0.05, 0) is 61.6 Å². The van der Waals surface area contributed by atoms with Crippen LogP contribution in [-0.2, 0) is 22.6 Å². The number of carbonyl (C=O) groups is 2. The molecule has 170 valence electrons. The van der Waals surface area contributed by atoms with E-state index in [1.165, 1.54) is 0 Å². The molecule has 1 heterocycles. The van der Waals surface area contributed by atoms with Crippen molar-refractivity contribution in [2.75, 3.05) is 6.79 Å². The van der Waals surface area contributed by atoms with Gasteiger partial charge in [-0.2, -0.15) is 0 Å². The van der Waals surface area contributed by atoms with Gasteiger partial charge in [0, 0.05) is 23.5 Å². The summed E-state index contributed by atoms with van der Waals surface area (Å²) in [5.41, 5.74) is 1.99. The van der Waals surface area contributed by atoms with Gasteiger partial charge in [-0.15, -0.1) is 0 Å². The Hall–Kier alpha value is -2.54. The molecule has 7 heteroatoms. The second-order valence-electron chi connectivity index (χ2n) is 8.51. The van der Waals surface area contributed by atoms with Crippen LogP contribution in [0.1, 0.15) is 50.2 Å². The fourth-order valence-electron chi connectivity index (χ4n) is 4.30. The quantitative estimate of drug-likeness (QED) is 0.575. The summed E-state index contributed by atoms with van der Waals surface area (Å²) in [6, 6.07) is 13.3. The molecule has 1 atom stereocenters. The first-order valence-corrected chi connectivity index (χ1v) is 12.0. The number of hydrogen-bond donors (Lipinski definition) is 1. The number of carbonyl (C=O) groups excluding carboxylic acids is 2. The molecule has 1 fully saturated rings. The van der Waals surface area contributed by atoms with Crippen LogP contribution in [0.15, 0.2) is 46.9 Å². The number of halogens is 1. The standard InChI is InChI=1S/C25H29BrN2O4/c1-17(25(30)27-21-7-2-3-8-21)28(15-19-5-4-6-20(26)13-19)24(29)12-10-18-9-11-22-23(14-18)32-16-31-22/h4-6,9,11,13-14,17,21H,2-3,7-8,10,12,15-16H2,1H3,(H,27,30)/t17-/m1/s1. The lowest BCUT2D eigenvalue weighted by Gasteiger charge is -2.30. The second kappa shape index (κ2) is 10.4. The molecule has 0 unspecified atom stereocenters. The average Bonchev–Trinajstić information content (AvgIpc) is 3.47. The molecule has 32 heavy (non-hydrogen) atoms. The van der Waals surface area contributed by atoms with Gasteiger partial charge in [0.05, 0.1) is 0 Å². The van der Waals surface area contributed by atoms with E-state index in [0.29, 0.717) is 25.1 Å². The van der Waals surface area contributed by atoms with Gasteiger partial charge in [-0.25, -0.2) is 0 Å². The SMILES string of the molecule is C[C@H](C(=O)NC1CCCC1)N(Cc1cccc(Br)c1)C(=O)CCc1ccc2c(c1)OCO2. The fraction of sp³-hybridized carbons (Fsp3) is 0.440. The highest BCUT2D eigenvalue weighted by Crippen LogP contribution is 2.33. The minimum atomic E-state index is -0.543. The molecule has 0 radical (unpaired) electrons. The third kappa shape index (κ3) is 5.63. The maximum atomic E-state index is 13.3. The Kier molecular flexibility index (Phi) is 7.35. The number of benzene rings is 2. The van der Waals surface area contributed by atoms with Crippen molar-refractivity contribution in [1.29, 1.82) is 0 Å². The molecule has 6 nitrogen and oxygen atoms in total. The Morgan fingerprint density at radius 1 is 1.09 bits per heavy atom. The Morgan fingerprint density at radius 2 is 1.88 bits per heavy atom. The Labute approximate surface area is 197 Å². The lowest BCUT2D eigenvalue weighted by atomic mass is 10.1. The molecule has 1 aliphatic heterocycles. The maximum absolute atomic E-state index is 13.3. The van der Waals surface area contributed by atoms with E-state index in [4.69, 9.17) is 9.47 Å². The van der Waals surface area contributed by atoms with Crippen LogP contribution in [-0.4, -0.2) is 35.6 Å². The largest absolute Gasteiger partial charge is 0.454 e. The molecule has 0 spiro atoms.